The maximum Gasteiger partial charge on any atom is 0.246 e. The van der Waals surface area contributed by atoms with Gasteiger partial charge < -0.3 is 14.8 Å². The Morgan fingerprint density at radius 1 is 1.16 bits per heavy atom. The van der Waals surface area contributed by atoms with Gasteiger partial charge in [0.2, 0.25) is 15.9 Å². The molecule has 1 atom stereocenters. The van der Waals surface area contributed by atoms with E-state index in [0.717, 1.165) is 6.42 Å². The summed E-state index contributed by atoms with van der Waals surface area (Å²) in [6.45, 7) is 3.96. The third-order valence-electron chi connectivity index (χ3n) is 5.49. The van der Waals surface area contributed by atoms with E-state index < -0.39 is 10.0 Å². The van der Waals surface area contributed by atoms with E-state index >= 15 is 0 Å². The summed E-state index contributed by atoms with van der Waals surface area (Å²) in [5.74, 6) is 0.360. The number of hydrogen-bond acceptors (Lipinski definition) is 5. The molecular formula is C23H30N2O5S. The molecule has 3 rings (SSSR count). The van der Waals surface area contributed by atoms with Crippen LogP contribution >= 0.6 is 0 Å². The van der Waals surface area contributed by atoms with Crippen molar-refractivity contribution in [3.05, 3.63) is 59.7 Å². The van der Waals surface area contributed by atoms with Crippen LogP contribution in [0.1, 0.15) is 30.4 Å². The Balaban J connectivity index is 1.70. The third-order valence-corrected chi connectivity index (χ3v) is 7.41. The minimum absolute atomic E-state index is 0.0814. The molecule has 0 saturated carbocycles. The Kier molecular flexibility index (Phi) is 8.06. The largest absolute Gasteiger partial charge is 0.495 e. The Morgan fingerprint density at radius 3 is 2.52 bits per heavy atom. The highest BCUT2D eigenvalue weighted by Crippen LogP contribution is 2.28. The highest BCUT2D eigenvalue weighted by molar-refractivity contribution is 7.89. The quantitative estimate of drug-likeness (QED) is 0.640. The second-order valence-electron chi connectivity index (χ2n) is 7.50. The Morgan fingerprint density at radius 2 is 1.87 bits per heavy atom. The molecule has 31 heavy (non-hydrogen) atoms. The molecule has 1 amide bonds. The zero-order valence-corrected chi connectivity index (χ0v) is 18.9. The second-order valence-corrected chi connectivity index (χ2v) is 9.40. The average Bonchev–Trinajstić information content (AvgIpc) is 2.80. The van der Waals surface area contributed by atoms with Crippen molar-refractivity contribution in [2.45, 2.75) is 30.6 Å². The number of sulfonamides is 1. The van der Waals surface area contributed by atoms with Gasteiger partial charge in [-0.05, 0) is 29.7 Å². The summed E-state index contributed by atoms with van der Waals surface area (Å²) in [5.41, 5.74) is 1.81. The van der Waals surface area contributed by atoms with Crippen LogP contribution in [-0.4, -0.2) is 58.6 Å². The van der Waals surface area contributed by atoms with Gasteiger partial charge in [0.05, 0.1) is 26.7 Å². The molecule has 1 aliphatic rings. The lowest BCUT2D eigenvalue weighted by molar-refractivity contribution is -0.120. The first-order valence-electron chi connectivity index (χ1n) is 10.5. The molecule has 0 aromatic heterocycles. The molecule has 2 aromatic rings. The molecule has 7 nitrogen and oxygen atoms in total. The number of hydrogen-bond donors (Lipinski definition) is 1. The van der Waals surface area contributed by atoms with Gasteiger partial charge in [0, 0.05) is 25.6 Å². The van der Waals surface area contributed by atoms with Gasteiger partial charge in [-0.25, -0.2) is 8.42 Å². The lowest BCUT2D eigenvalue weighted by Gasteiger charge is -2.26. The van der Waals surface area contributed by atoms with E-state index in [4.69, 9.17) is 9.47 Å². The first-order chi connectivity index (χ1) is 15.0. The van der Waals surface area contributed by atoms with Crippen molar-refractivity contribution in [1.82, 2.24) is 9.62 Å². The average molecular weight is 447 g/mol. The van der Waals surface area contributed by atoms with E-state index in [2.05, 4.69) is 24.4 Å². The van der Waals surface area contributed by atoms with E-state index in [1.165, 1.54) is 23.0 Å². The molecule has 0 aliphatic carbocycles. The summed E-state index contributed by atoms with van der Waals surface area (Å²) < 4.78 is 38.2. The number of carbonyl (C=O) groups is 1. The summed E-state index contributed by atoms with van der Waals surface area (Å²) in [6.07, 6.45) is 1.01. The fourth-order valence-electron chi connectivity index (χ4n) is 3.67. The molecule has 0 spiro atoms. The normalized spacial score (nSPS) is 15.9. The number of nitrogens with one attached hydrogen (secondary N) is 1. The minimum atomic E-state index is -3.73. The first-order valence-corrected chi connectivity index (χ1v) is 12.0. The van der Waals surface area contributed by atoms with Gasteiger partial charge >= 0.3 is 0 Å². The second kappa shape index (κ2) is 10.7. The van der Waals surface area contributed by atoms with E-state index in [1.807, 2.05) is 18.2 Å². The highest BCUT2D eigenvalue weighted by Gasteiger charge is 2.29. The molecule has 1 unspecified atom stereocenters. The van der Waals surface area contributed by atoms with Crippen LogP contribution in [0.3, 0.4) is 0 Å². The molecule has 2 aromatic carbocycles. The van der Waals surface area contributed by atoms with Crippen molar-refractivity contribution in [3.63, 3.8) is 0 Å². The number of benzene rings is 2. The fourth-order valence-corrected chi connectivity index (χ4v) is 5.28. The number of morpholine rings is 1. The van der Waals surface area contributed by atoms with Crippen LogP contribution in [-0.2, 0) is 26.0 Å². The molecule has 1 aliphatic heterocycles. The topological polar surface area (TPSA) is 84.9 Å². The zero-order valence-electron chi connectivity index (χ0n) is 18.0. The van der Waals surface area contributed by atoms with Crippen LogP contribution in [0, 0.1) is 0 Å². The van der Waals surface area contributed by atoms with Gasteiger partial charge in [0.15, 0.2) is 0 Å². The van der Waals surface area contributed by atoms with Crippen LogP contribution < -0.4 is 10.1 Å². The van der Waals surface area contributed by atoms with Gasteiger partial charge in [-0.1, -0.05) is 43.3 Å². The van der Waals surface area contributed by atoms with Crippen LogP contribution in [0.4, 0.5) is 0 Å². The fraction of sp³-hybridized carbons (Fsp3) is 0.435. The molecule has 1 saturated heterocycles. The summed E-state index contributed by atoms with van der Waals surface area (Å²) >= 11 is 0. The third kappa shape index (κ3) is 5.84. The first kappa shape index (κ1) is 23.2. The van der Waals surface area contributed by atoms with Gasteiger partial charge in [0.1, 0.15) is 10.6 Å². The SMILES string of the molecule is CCC(CNC(=O)Cc1ccc(OC)c(S(=O)(=O)N2CCOCC2)c1)c1ccccc1. The molecule has 1 heterocycles. The number of amides is 1. The number of nitrogens with zero attached hydrogens (tertiary/aromatic N) is 1. The van der Waals surface area contributed by atoms with E-state index in [-0.39, 0.29) is 28.9 Å². The summed E-state index contributed by atoms with van der Waals surface area (Å²) in [4.78, 5) is 12.6. The standard InChI is InChI=1S/C23H30N2O5S/c1-3-19(20-7-5-4-6-8-20)17-24-23(26)16-18-9-10-21(29-2)22(15-18)31(27,28)25-11-13-30-14-12-25/h4-10,15,19H,3,11-14,16-17H2,1-2H3,(H,24,26). The Labute approximate surface area is 184 Å². The van der Waals surface area contributed by atoms with Crippen LogP contribution in [0.25, 0.3) is 0 Å². The van der Waals surface area contributed by atoms with Crippen LogP contribution in [0.5, 0.6) is 5.75 Å². The number of rotatable bonds is 9. The van der Waals surface area contributed by atoms with Crippen molar-refractivity contribution in [1.29, 1.82) is 0 Å². The maximum absolute atomic E-state index is 13.1. The van der Waals surface area contributed by atoms with Gasteiger partial charge in [-0.2, -0.15) is 4.31 Å². The molecule has 0 bridgehead atoms. The lowest BCUT2D eigenvalue weighted by atomic mass is 9.96. The number of ether oxygens (including phenoxy) is 2. The predicted molar refractivity (Wildman–Crippen MR) is 119 cm³/mol. The Bertz CT molecular complexity index is 973. The smallest absolute Gasteiger partial charge is 0.246 e. The molecule has 168 valence electrons. The summed E-state index contributed by atoms with van der Waals surface area (Å²) in [7, 11) is -2.29. The predicted octanol–water partition coefficient (Wildman–Crippen LogP) is 2.57. The van der Waals surface area contributed by atoms with E-state index in [0.29, 0.717) is 38.4 Å². The van der Waals surface area contributed by atoms with Crippen molar-refractivity contribution in [2.24, 2.45) is 0 Å². The molecule has 1 N–H and O–H groups in total. The summed E-state index contributed by atoms with van der Waals surface area (Å²) in [6, 6.07) is 15.0. The van der Waals surface area contributed by atoms with Crippen molar-refractivity contribution in [2.75, 3.05) is 40.0 Å². The van der Waals surface area contributed by atoms with E-state index in [9.17, 15) is 13.2 Å². The highest BCUT2D eigenvalue weighted by atomic mass is 32.2. The molecule has 1 fully saturated rings. The van der Waals surface area contributed by atoms with Crippen LogP contribution in [0.2, 0.25) is 0 Å². The minimum Gasteiger partial charge on any atom is -0.495 e. The van der Waals surface area contributed by atoms with Crippen molar-refractivity contribution < 1.29 is 22.7 Å². The summed E-state index contributed by atoms with van der Waals surface area (Å²) in [5, 5.41) is 2.98. The van der Waals surface area contributed by atoms with Gasteiger partial charge in [0.25, 0.3) is 0 Å². The zero-order chi connectivity index (χ0) is 22.3. The monoisotopic (exact) mass is 446 g/mol. The molecule has 8 heteroatoms. The molecule has 0 radical (unpaired) electrons. The van der Waals surface area contributed by atoms with Crippen LogP contribution in [0.15, 0.2) is 53.4 Å². The van der Waals surface area contributed by atoms with Crippen molar-refractivity contribution >= 4 is 15.9 Å². The van der Waals surface area contributed by atoms with Crippen molar-refractivity contribution in [3.8, 4) is 5.75 Å². The Hall–Kier alpha value is -2.42. The molecular weight excluding hydrogens is 416 g/mol. The lowest BCUT2D eigenvalue weighted by Crippen LogP contribution is -2.40. The maximum atomic E-state index is 13.1. The number of methoxy groups -OCH3 is 1. The van der Waals surface area contributed by atoms with Gasteiger partial charge in [-0.15, -0.1) is 0 Å². The van der Waals surface area contributed by atoms with Gasteiger partial charge in [-0.3, -0.25) is 4.79 Å². The van der Waals surface area contributed by atoms with E-state index in [1.54, 1.807) is 12.1 Å². The number of carbonyl (C=O) groups excluding carboxylic acids is 1.